The second kappa shape index (κ2) is 5.62. The zero-order valence-electron chi connectivity index (χ0n) is 7.65. The van der Waals surface area contributed by atoms with Gasteiger partial charge in [0.25, 0.3) is 0 Å². The van der Waals surface area contributed by atoms with Gasteiger partial charge in [0, 0.05) is 0 Å². The number of alkyl halides is 2. The van der Waals surface area contributed by atoms with Crippen LogP contribution in [0.3, 0.4) is 0 Å². The number of hydrogen-bond donors (Lipinski definition) is 0. The molecule has 0 aliphatic heterocycles. The monoisotopic (exact) mass is 372 g/mol. The Morgan fingerprint density at radius 1 is 0.750 bits per heavy atom. The molecule has 0 aliphatic rings. The van der Waals surface area contributed by atoms with Crippen molar-refractivity contribution >= 4 is 95.9 Å². The molecule has 0 saturated heterocycles. The van der Waals surface area contributed by atoms with Crippen LogP contribution in [0.1, 0.15) is 6.92 Å². The van der Waals surface area contributed by atoms with Gasteiger partial charge in [-0.15, -0.1) is 23.2 Å². The van der Waals surface area contributed by atoms with Gasteiger partial charge in [-0.25, -0.2) is 0 Å². The average molecular weight is 375 g/mol. The summed E-state index contributed by atoms with van der Waals surface area (Å²) < 4.78 is -0.992. The summed E-state index contributed by atoms with van der Waals surface area (Å²) >= 11 is 41.5. The van der Waals surface area contributed by atoms with Crippen molar-refractivity contribution in [2.45, 2.75) is 10.9 Å². The first-order chi connectivity index (χ1) is 7.15. The van der Waals surface area contributed by atoms with Crippen LogP contribution < -0.4 is 5.19 Å². The lowest BCUT2D eigenvalue weighted by molar-refractivity contribution is 1.25. The molecule has 2 radical (unpaired) electrons. The quantitative estimate of drug-likeness (QED) is 0.280. The van der Waals surface area contributed by atoms with E-state index in [0.717, 1.165) is 0 Å². The molecule has 0 fully saturated rings. The molecule has 0 nitrogen and oxygen atoms in total. The van der Waals surface area contributed by atoms with E-state index in [1.165, 1.54) is 0 Å². The third-order valence-corrected chi connectivity index (χ3v) is 5.90. The van der Waals surface area contributed by atoms with Crippen LogP contribution in [-0.4, -0.2) is 13.5 Å². The molecule has 0 N–H and O–H groups in total. The van der Waals surface area contributed by atoms with Crippen molar-refractivity contribution in [3.63, 3.8) is 0 Å². The highest BCUT2D eigenvalue weighted by Crippen LogP contribution is 2.39. The van der Waals surface area contributed by atoms with Crippen molar-refractivity contribution in [3.8, 4) is 0 Å². The van der Waals surface area contributed by atoms with E-state index in [9.17, 15) is 0 Å². The zero-order chi connectivity index (χ0) is 12.7. The van der Waals surface area contributed by atoms with Gasteiger partial charge in [0.15, 0.2) is 0 Å². The lowest BCUT2D eigenvalue weighted by atomic mass is 10.3. The van der Waals surface area contributed by atoms with E-state index in [1.807, 2.05) is 0 Å². The molecule has 0 atom stereocenters. The van der Waals surface area contributed by atoms with E-state index in [2.05, 4.69) is 0 Å². The predicted octanol–water partition coefficient (Wildman–Crippen LogP) is 5.43. The van der Waals surface area contributed by atoms with Crippen molar-refractivity contribution in [1.29, 1.82) is 0 Å². The summed E-state index contributed by atoms with van der Waals surface area (Å²) in [4.78, 5) is 0. The molecule has 0 bridgehead atoms. The zero-order valence-corrected chi connectivity index (χ0v) is 13.9. The molecule has 8 heteroatoms. The summed E-state index contributed by atoms with van der Waals surface area (Å²) in [6.07, 6.45) is 0. The van der Waals surface area contributed by atoms with E-state index >= 15 is 0 Å². The first kappa shape index (κ1) is 15.5. The molecule has 88 valence electrons. The summed E-state index contributed by atoms with van der Waals surface area (Å²) in [5.74, 6) is 0. The number of hydrogen-bond acceptors (Lipinski definition) is 0. The summed E-state index contributed by atoms with van der Waals surface area (Å²) in [7, 11) is -0.0599. The van der Waals surface area contributed by atoms with Gasteiger partial charge < -0.3 is 0 Å². The van der Waals surface area contributed by atoms with Gasteiger partial charge in [0.2, 0.25) is 0 Å². The largest absolute Gasteiger partial charge is 0.132 e. The molecule has 0 unspecified atom stereocenters. The van der Waals surface area contributed by atoms with Gasteiger partial charge in [-0.1, -0.05) is 58.0 Å². The SMILES string of the molecule is CC(Cl)(Cl)[Si]c1c(Cl)c(Cl)c(Cl)c(Cl)c1Cl. The first-order valence-corrected chi connectivity index (χ1v) is 7.47. The second-order valence-electron chi connectivity index (χ2n) is 2.96. The normalized spacial score (nSPS) is 12.0. The standard InChI is InChI=1S/C8H3Cl7Si/c1-8(14,15)16-7-5(12)3(10)2(9)4(11)6(7)13/h1H3. The highest BCUT2D eigenvalue weighted by atomic mass is 35.5. The van der Waals surface area contributed by atoms with E-state index in [1.54, 1.807) is 6.92 Å². The maximum atomic E-state index is 6.01. The summed E-state index contributed by atoms with van der Waals surface area (Å²) in [6, 6.07) is 0. The smallest absolute Gasteiger partial charge is 0.106 e. The van der Waals surface area contributed by atoms with Crippen LogP contribution >= 0.6 is 81.2 Å². The minimum Gasteiger partial charge on any atom is -0.106 e. The maximum absolute atomic E-state index is 6.01. The van der Waals surface area contributed by atoms with Crippen molar-refractivity contribution in [2.24, 2.45) is 0 Å². The fourth-order valence-corrected chi connectivity index (χ4v) is 3.99. The van der Waals surface area contributed by atoms with E-state index in [0.29, 0.717) is 5.19 Å². The van der Waals surface area contributed by atoms with Gasteiger partial charge >= 0.3 is 0 Å². The number of halogens is 7. The molecule has 0 heterocycles. The topological polar surface area (TPSA) is 0 Å². The molecule has 1 aromatic rings. The second-order valence-corrected chi connectivity index (χ2v) is 8.94. The van der Waals surface area contributed by atoms with Crippen molar-refractivity contribution in [3.05, 3.63) is 25.1 Å². The molecule has 1 aromatic carbocycles. The number of rotatable bonds is 2. The van der Waals surface area contributed by atoms with E-state index in [4.69, 9.17) is 81.2 Å². The van der Waals surface area contributed by atoms with Crippen LogP contribution in [0.25, 0.3) is 0 Å². The Labute approximate surface area is 131 Å². The predicted molar refractivity (Wildman–Crippen MR) is 77.0 cm³/mol. The Kier molecular flexibility index (Phi) is 5.46. The van der Waals surface area contributed by atoms with Crippen molar-refractivity contribution in [2.75, 3.05) is 0 Å². The Hall–Kier alpha value is 1.47. The van der Waals surface area contributed by atoms with E-state index < -0.39 is 3.96 Å². The summed E-state index contributed by atoms with van der Waals surface area (Å²) in [5.41, 5.74) is 0. The number of benzene rings is 1. The molecule has 0 aromatic heterocycles. The lowest BCUT2D eigenvalue weighted by Gasteiger charge is -2.16. The molecular formula is C8H3Cl7Si. The lowest BCUT2D eigenvalue weighted by Crippen LogP contribution is -2.31. The van der Waals surface area contributed by atoms with Crippen molar-refractivity contribution in [1.82, 2.24) is 0 Å². The minimum atomic E-state index is -0.992. The Morgan fingerprint density at radius 2 is 1.06 bits per heavy atom. The van der Waals surface area contributed by atoms with Gasteiger partial charge in [-0.2, -0.15) is 0 Å². The molecule has 0 amide bonds. The molecule has 0 saturated carbocycles. The third-order valence-electron chi connectivity index (χ3n) is 1.55. The fourth-order valence-electron chi connectivity index (χ4n) is 0.934. The minimum absolute atomic E-state index is 0.0599. The van der Waals surface area contributed by atoms with Crippen LogP contribution in [0.5, 0.6) is 0 Å². The molecule has 0 spiro atoms. The Bertz CT molecular complexity index is 394. The molecule has 0 aliphatic carbocycles. The van der Waals surface area contributed by atoms with Crippen LogP contribution in [-0.2, 0) is 0 Å². The molecule has 1 rings (SSSR count). The van der Waals surface area contributed by atoms with E-state index in [-0.39, 0.29) is 34.6 Å². The van der Waals surface area contributed by atoms with Crippen LogP contribution in [0, 0.1) is 0 Å². The van der Waals surface area contributed by atoms with Crippen LogP contribution in [0.2, 0.25) is 25.1 Å². The highest BCUT2D eigenvalue weighted by Gasteiger charge is 2.26. The highest BCUT2D eigenvalue weighted by molar-refractivity contribution is 6.82. The third kappa shape index (κ3) is 3.49. The summed E-state index contributed by atoms with van der Waals surface area (Å²) in [5, 5.41) is 1.39. The molecule has 16 heavy (non-hydrogen) atoms. The summed E-state index contributed by atoms with van der Waals surface area (Å²) in [6.45, 7) is 1.62. The van der Waals surface area contributed by atoms with Crippen molar-refractivity contribution < 1.29 is 0 Å². The van der Waals surface area contributed by atoms with Crippen LogP contribution in [0.15, 0.2) is 0 Å². The maximum Gasteiger partial charge on any atom is 0.132 e. The van der Waals surface area contributed by atoms with Gasteiger partial charge in [-0.3, -0.25) is 0 Å². The Morgan fingerprint density at radius 3 is 1.38 bits per heavy atom. The van der Waals surface area contributed by atoms with Crippen LogP contribution in [0.4, 0.5) is 0 Å². The van der Waals surface area contributed by atoms with Gasteiger partial charge in [-0.05, 0) is 12.1 Å². The molecular weight excluding hydrogens is 372 g/mol. The first-order valence-electron chi connectivity index (χ1n) is 3.82. The Balaban J connectivity index is 3.40. The van der Waals surface area contributed by atoms with Gasteiger partial charge in [0.05, 0.1) is 25.1 Å². The average Bonchev–Trinajstić information content (AvgIpc) is 2.17. The van der Waals surface area contributed by atoms with Gasteiger partial charge in [0.1, 0.15) is 13.5 Å². The fraction of sp³-hybridized carbons (Fsp3) is 0.250.